The van der Waals surface area contributed by atoms with Crippen molar-refractivity contribution in [2.75, 3.05) is 19.7 Å². The normalized spacial score (nSPS) is 8.56. The van der Waals surface area contributed by atoms with Crippen LogP contribution in [0.25, 0.3) is 0 Å². The second kappa shape index (κ2) is 5.17. The van der Waals surface area contributed by atoms with Gasteiger partial charge in [0.05, 0.1) is 25.0 Å². The van der Waals surface area contributed by atoms with Crippen LogP contribution < -0.4 is 0 Å². The highest BCUT2D eigenvalue weighted by molar-refractivity contribution is 5.51. The Morgan fingerprint density at radius 2 is 2.33 bits per heavy atom. The van der Waals surface area contributed by atoms with E-state index in [-0.39, 0.29) is 19.7 Å². The SMILES string of the molecule is O=CCN(CCO)N=O. The van der Waals surface area contributed by atoms with Crippen LogP contribution in [0.3, 0.4) is 0 Å². The summed E-state index contributed by atoms with van der Waals surface area (Å²) in [4.78, 5) is 19.4. The van der Waals surface area contributed by atoms with Crippen LogP contribution >= 0.6 is 0 Å². The second-order valence-corrected chi connectivity index (χ2v) is 1.38. The molecule has 0 rings (SSSR count). The van der Waals surface area contributed by atoms with Gasteiger partial charge in [0.25, 0.3) is 0 Å². The Morgan fingerprint density at radius 1 is 1.67 bits per heavy atom. The molecule has 5 nitrogen and oxygen atoms in total. The third kappa shape index (κ3) is 3.60. The molecular weight excluding hydrogens is 124 g/mol. The second-order valence-electron chi connectivity index (χ2n) is 1.38. The van der Waals surface area contributed by atoms with Gasteiger partial charge in [-0.05, 0) is 0 Å². The molecule has 0 radical (unpaired) electrons. The van der Waals surface area contributed by atoms with Gasteiger partial charge in [0.15, 0.2) is 0 Å². The number of carbonyl (C=O) groups excluding carboxylic acids is 1. The van der Waals surface area contributed by atoms with Crippen molar-refractivity contribution in [3.63, 3.8) is 0 Å². The highest BCUT2D eigenvalue weighted by atomic mass is 16.3. The molecule has 0 aromatic carbocycles. The van der Waals surface area contributed by atoms with Crippen LogP contribution in [0.2, 0.25) is 0 Å². The summed E-state index contributed by atoms with van der Waals surface area (Å²) in [5, 5.41) is 11.6. The Morgan fingerprint density at radius 3 is 2.67 bits per heavy atom. The van der Waals surface area contributed by atoms with Crippen molar-refractivity contribution in [1.29, 1.82) is 0 Å². The summed E-state index contributed by atoms with van der Waals surface area (Å²) >= 11 is 0. The lowest BCUT2D eigenvalue weighted by atomic mass is 10.6. The maximum absolute atomic E-state index is 9.73. The number of aliphatic hydroxyl groups excluding tert-OH is 1. The van der Waals surface area contributed by atoms with Crippen molar-refractivity contribution in [2.45, 2.75) is 0 Å². The summed E-state index contributed by atoms with van der Waals surface area (Å²) in [7, 11) is 0. The molecule has 0 aliphatic carbocycles. The largest absolute Gasteiger partial charge is 0.394 e. The number of nitroso groups, excluding NO2 is 1. The van der Waals surface area contributed by atoms with Gasteiger partial charge < -0.3 is 9.90 Å². The molecule has 0 unspecified atom stereocenters. The molecule has 5 heteroatoms. The Kier molecular flexibility index (Phi) is 4.61. The van der Waals surface area contributed by atoms with Crippen LogP contribution in [0.15, 0.2) is 5.29 Å². The van der Waals surface area contributed by atoms with E-state index in [2.05, 4.69) is 5.29 Å². The Labute approximate surface area is 52.2 Å². The lowest BCUT2D eigenvalue weighted by Gasteiger charge is -2.07. The van der Waals surface area contributed by atoms with E-state index in [1.807, 2.05) is 0 Å². The van der Waals surface area contributed by atoms with Crippen molar-refractivity contribution in [3.05, 3.63) is 4.91 Å². The van der Waals surface area contributed by atoms with Gasteiger partial charge in [0, 0.05) is 0 Å². The third-order valence-electron chi connectivity index (χ3n) is 0.759. The maximum Gasteiger partial charge on any atom is 0.141 e. The van der Waals surface area contributed by atoms with Crippen molar-refractivity contribution in [1.82, 2.24) is 5.01 Å². The number of aldehydes is 1. The fourth-order valence-corrected chi connectivity index (χ4v) is 0.367. The van der Waals surface area contributed by atoms with E-state index in [0.717, 1.165) is 5.01 Å². The van der Waals surface area contributed by atoms with Crippen LogP contribution in [0.4, 0.5) is 0 Å². The average Bonchev–Trinajstić information content (AvgIpc) is 1.88. The number of hydrogen-bond donors (Lipinski definition) is 1. The number of hydrogen-bond acceptors (Lipinski definition) is 4. The minimum absolute atomic E-state index is 0.0515. The zero-order valence-electron chi connectivity index (χ0n) is 4.86. The van der Waals surface area contributed by atoms with Gasteiger partial charge in [-0.1, -0.05) is 0 Å². The molecule has 0 saturated heterocycles. The van der Waals surface area contributed by atoms with E-state index in [1.165, 1.54) is 0 Å². The van der Waals surface area contributed by atoms with E-state index in [0.29, 0.717) is 6.29 Å². The number of nitrogens with zero attached hydrogens (tertiary/aromatic N) is 2. The smallest absolute Gasteiger partial charge is 0.141 e. The van der Waals surface area contributed by atoms with E-state index < -0.39 is 0 Å². The standard InChI is InChI=1S/C4H8N2O3/c7-3-1-6(5-9)2-4-8/h3,8H,1-2,4H2. The molecule has 0 atom stereocenters. The van der Waals surface area contributed by atoms with Crippen LogP contribution in [0.1, 0.15) is 0 Å². The molecule has 9 heavy (non-hydrogen) atoms. The molecule has 0 aromatic rings. The molecule has 0 spiro atoms. The van der Waals surface area contributed by atoms with Crippen LogP contribution in [0, 0.1) is 4.91 Å². The Bertz CT molecular complexity index is 95.8. The van der Waals surface area contributed by atoms with Gasteiger partial charge in [0.2, 0.25) is 0 Å². The zero-order chi connectivity index (χ0) is 7.11. The fraction of sp³-hybridized carbons (Fsp3) is 0.750. The minimum atomic E-state index is -0.167. The van der Waals surface area contributed by atoms with Gasteiger partial charge in [-0.25, -0.2) is 0 Å². The molecule has 0 bridgehead atoms. The number of aliphatic hydroxyl groups is 1. The van der Waals surface area contributed by atoms with Crippen LogP contribution in [0.5, 0.6) is 0 Å². The van der Waals surface area contributed by atoms with Gasteiger partial charge in [-0.2, -0.15) is 0 Å². The zero-order valence-corrected chi connectivity index (χ0v) is 4.86. The predicted molar refractivity (Wildman–Crippen MR) is 30.5 cm³/mol. The molecule has 0 saturated carbocycles. The van der Waals surface area contributed by atoms with Gasteiger partial charge in [-0.3, -0.25) is 5.01 Å². The monoisotopic (exact) mass is 132 g/mol. The van der Waals surface area contributed by atoms with Gasteiger partial charge >= 0.3 is 0 Å². The van der Waals surface area contributed by atoms with E-state index >= 15 is 0 Å². The molecule has 0 heterocycles. The first-order valence-corrected chi connectivity index (χ1v) is 2.48. The Balaban J connectivity index is 3.40. The first-order valence-electron chi connectivity index (χ1n) is 2.48. The minimum Gasteiger partial charge on any atom is -0.394 e. The molecule has 0 fully saturated rings. The van der Waals surface area contributed by atoms with E-state index in [1.54, 1.807) is 0 Å². The summed E-state index contributed by atoms with van der Waals surface area (Å²) in [6, 6.07) is 0. The molecule has 0 aliphatic heterocycles. The number of rotatable bonds is 5. The maximum atomic E-state index is 9.73. The van der Waals surface area contributed by atoms with Crippen LogP contribution in [-0.2, 0) is 4.79 Å². The summed E-state index contributed by atoms with van der Waals surface area (Å²) in [6.07, 6.45) is 0.553. The highest BCUT2D eigenvalue weighted by Gasteiger charge is 1.97. The quantitative estimate of drug-likeness (QED) is 0.301. The summed E-state index contributed by atoms with van der Waals surface area (Å²) in [5.74, 6) is 0. The fourth-order valence-electron chi connectivity index (χ4n) is 0.367. The number of carbonyl (C=O) groups is 1. The lowest BCUT2D eigenvalue weighted by Crippen LogP contribution is -2.22. The van der Waals surface area contributed by atoms with Crippen LogP contribution in [-0.4, -0.2) is 36.1 Å². The molecule has 0 aromatic heterocycles. The molecular formula is C4H8N2O3. The summed E-state index contributed by atoms with van der Waals surface area (Å²) < 4.78 is 0. The topological polar surface area (TPSA) is 70.0 Å². The average molecular weight is 132 g/mol. The summed E-state index contributed by atoms with van der Waals surface area (Å²) in [5.41, 5.74) is 0. The summed E-state index contributed by atoms with van der Waals surface area (Å²) in [6.45, 7) is -0.105. The van der Waals surface area contributed by atoms with Crippen molar-refractivity contribution in [2.24, 2.45) is 5.29 Å². The Hall–Kier alpha value is -0.970. The van der Waals surface area contributed by atoms with Gasteiger partial charge in [0.1, 0.15) is 6.29 Å². The van der Waals surface area contributed by atoms with Gasteiger partial charge in [-0.15, -0.1) is 4.91 Å². The van der Waals surface area contributed by atoms with E-state index in [4.69, 9.17) is 5.11 Å². The highest BCUT2D eigenvalue weighted by Crippen LogP contribution is 1.82. The molecule has 0 aliphatic rings. The van der Waals surface area contributed by atoms with Crippen molar-refractivity contribution >= 4 is 6.29 Å². The van der Waals surface area contributed by atoms with Crippen molar-refractivity contribution < 1.29 is 9.90 Å². The third-order valence-corrected chi connectivity index (χ3v) is 0.759. The first-order chi connectivity index (χ1) is 4.35. The molecule has 0 amide bonds. The molecule has 1 N–H and O–H groups in total. The first kappa shape index (κ1) is 8.03. The van der Waals surface area contributed by atoms with E-state index in [9.17, 15) is 9.70 Å². The predicted octanol–water partition coefficient (Wildman–Crippen LogP) is -0.839. The molecule has 52 valence electrons. The van der Waals surface area contributed by atoms with Crippen molar-refractivity contribution in [3.8, 4) is 0 Å². The lowest BCUT2D eigenvalue weighted by molar-refractivity contribution is -0.109.